The van der Waals surface area contributed by atoms with Crippen molar-refractivity contribution in [2.75, 3.05) is 18.4 Å². The lowest BCUT2D eigenvalue weighted by Crippen LogP contribution is -2.27. The van der Waals surface area contributed by atoms with Gasteiger partial charge in [0.15, 0.2) is 0 Å². The van der Waals surface area contributed by atoms with E-state index in [-0.39, 0.29) is 5.91 Å². The molecule has 3 aromatic carbocycles. The summed E-state index contributed by atoms with van der Waals surface area (Å²) in [6.45, 7) is 4.34. The van der Waals surface area contributed by atoms with Gasteiger partial charge in [-0.05, 0) is 98.0 Å². The second-order valence-electron chi connectivity index (χ2n) is 9.27. The Kier molecular flexibility index (Phi) is 8.32. The second kappa shape index (κ2) is 11.8. The van der Waals surface area contributed by atoms with Crippen LogP contribution in [0.3, 0.4) is 0 Å². The van der Waals surface area contributed by atoms with Gasteiger partial charge in [-0.25, -0.2) is 0 Å². The molecule has 1 heterocycles. The lowest BCUT2D eigenvalue weighted by molar-refractivity contribution is -0.116. The van der Waals surface area contributed by atoms with E-state index in [0.29, 0.717) is 12.3 Å². The Bertz CT molecular complexity index is 1020. The van der Waals surface area contributed by atoms with Crippen molar-refractivity contribution in [2.24, 2.45) is 0 Å². The zero-order valence-corrected chi connectivity index (χ0v) is 19.8. The number of hydrogen-bond donors (Lipinski definition) is 2. The number of aryl methyl sites for hydroxylation is 2. The Labute approximate surface area is 198 Å². The average molecular weight is 441 g/mol. The van der Waals surface area contributed by atoms with Crippen LogP contribution in [0.25, 0.3) is 11.1 Å². The number of rotatable bonds is 9. The number of amides is 1. The highest BCUT2D eigenvalue weighted by molar-refractivity contribution is 5.90. The Morgan fingerprint density at radius 2 is 1.61 bits per heavy atom. The molecule has 1 aliphatic rings. The van der Waals surface area contributed by atoms with E-state index < -0.39 is 0 Å². The molecule has 0 aromatic heterocycles. The quantitative estimate of drug-likeness (QED) is 0.356. The third-order valence-electron chi connectivity index (χ3n) is 6.77. The van der Waals surface area contributed by atoms with E-state index in [1.54, 1.807) is 0 Å². The maximum absolute atomic E-state index is 12.5. The SMILES string of the molecule is Cc1ccc(NC(=O)CCCCCc2ccc(-c3ccccc3)cc2)cc1C1CCNCC1. The number of piperidine rings is 1. The van der Waals surface area contributed by atoms with Gasteiger partial charge in [-0.2, -0.15) is 0 Å². The minimum Gasteiger partial charge on any atom is -0.326 e. The maximum atomic E-state index is 12.5. The van der Waals surface area contributed by atoms with Crippen molar-refractivity contribution in [3.63, 3.8) is 0 Å². The highest BCUT2D eigenvalue weighted by Crippen LogP contribution is 2.30. The lowest BCUT2D eigenvalue weighted by Gasteiger charge is -2.25. The van der Waals surface area contributed by atoms with Crippen molar-refractivity contribution in [2.45, 2.75) is 57.8 Å². The summed E-state index contributed by atoms with van der Waals surface area (Å²) in [4.78, 5) is 12.5. The smallest absolute Gasteiger partial charge is 0.224 e. The molecule has 33 heavy (non-hydrogen) atoms. The van der Waals surface area contributed by atoms with Crippen LogP contribution in [-0.4, -0.2) is 19.0 Å². The molecule has 1 fully saturated rings. The molecular weight excluding hydrogens is 404 g/mol. The van der Waals surface area contributed by atoms with Crippen molar-refractivity contribution >= 4 is 11.6 Å². The van der Waals surface area contributed by atoms with Gasteiger partial charge in [0, 0.05) is 12.1 Å². The third-order valence-corrected chi connectivity index (χ3v) is 6.77. The first-order valence-corrected chi connectivity index (χ1v) is 12.4. The fraction of sp³-hybridized carbons (Fsp3) is 0.367. The molecule has 3 aromatic rings. The largest absolute Gasteiger partial charge is 0.326 e. The van der Waals surface area contributed by atoms with Gasteiger partial charge in [0.2, 0.25) is 5.91 Å². The summed E-state index contributed by atoms with van der Waals surface area (Å²) >= 11 is 0. The predicted octanol–water partition coefficient (Wildman–Crippen LogP) is 6.87. The van der Waals surface area contributed by atoms with Gasteiger partial charge in [-0.1, -0.05) is 67.1 Å². The van der Waals surface area contributed by atoms with Crippen LogP contribution < -0.4 is 10.6 Å². The fourth-order valence-corrected chi connectivity index (χ4v) is 4.80. The van der Waals surface area contributed by atoms with Gasteiger partial charge < -0.3 is 10.6 Å². The normalized spacial score (nSPS) is 14.2. The van der Waals surface area contributed by atoms with Crippen molar-refractivity contribution < 1.29 is 4.79 Å². The molecule has 0 bridgehead atoms. The van der Waals surface area contributed by atoms with Crippen molar-refractivity contribution in [1.29, 1.82) is 0 Å². The molecule has 2 N–H and O–H groups in total. The second-order valence-corrected chi connectivity index (χ2v) is 9.27. The van der Waals surface area contributed by atoms with Crippen LogP contribution in [-0.2, 0) is 11.2 Å². The van der Waals surface area contributed by atoms with Gasteiger partial charge >= 0.3 is 0 Å². The maximum Gasteiger partial charge on any atom is 0.224 e. The van der Waals surface area contributed by atoms with Gasteiger partial charge in [0.1, 0.15) is 0 Å². The number of anilines is 1. The Hall–Kier alpha value is -2.91. The summed E-state index contributed by atoms with van der Waals surface area (Å²) in [5, 5.41) is 6.56. The van der Waals surface area contributed by atoms with Crippen LogP contribution >= 0.6 is 0 Å². The molecule has 0 atom stereocenters. The summed E-state index contributed by atoms with van der Waals surface area (Å²) < 4.78 is 0. The van der Waals surface area contributed by atoms with E-state index in [4.69, 9.17) is 0 Å². The highest BCUT2D eigenvalue weighted by Gasteiger charge is 2.17. The topological polar surface area (TPSA) is 41.1 Å². The number of carbonyl (C=O) groups is 1. The summed E-state index contributed by atoms with van der Waals surface area (Å²) in [7, 11) is 0. The lowest BCUT2D eigenvalue weighted by atomic mass is 9.87. The zero-order chi connectivity index (χ0) is 22.9. The highest BCUT2D eigenvalue weighted by atomic mass is 16.1. The summed E-state index contributed by atoms with van der Waals surface area (Å²) in [5.41, 5.74) is 7.55. The summed E-state index contributed by atoms with van der Waals surface area (Å²) in [6.07, 6.45) is 7.11. The van der Waals surface area contributed by atoms with Crippen LogP contribution in [0, 0.1) is 6.92 Å². The molecule has 0 unspecified atom stereocenters. The molecule has 0 saturated carbocycles. The van der Waals surface area contributed by atoms with Crippen LogP contribution in [0.1, 0.15) is 61.1 Å². The molecule has 0 radical (unpaired) electrons. The minimum atomic E-state index is 0.127. The van der Waals surface area contributed by atoms with Gasteiger partial charge in [-0.3, -0.25) is 4.79 Å². The first-order valence-electron chi connectivity index (χ1n) is 12.4. The van der Waals surface area contributed by atoms with Gasteiger partial charge in [-0.15, -0.1) is 0 Å². The Balaban J connectivity index is 1.18. The monoisotopic (exact) mass is 440 g/mol. The van der Waals surface area contributed by atoms with Crippen LogP contribution in [0.5, 0.6) is 0 Å². The van der Waals surface area contributed by atoms with E-state index in [9.17, 15) is 4.79 Å². The molecule has 4 rings (SSSR count). The number of carbonyl (C=O) groups excluding carboxylic acids is 1. The fourth-order valence-electron chi connectivity index (χ4n) is 4.80. The summed E-state index contributed by atoms with van der Waals surface area (Å²) in [5.74, 6) is 0.729. The van der Waals surface area contributed by atoms with Crippen molar-refractivity contribution in [3.05, 3.63) is 89.5 Å². The number of benzene rings is 3. The standard InChI is InChI=1S/C30H36N2O/c1-23-12-17-28(22-29(23)27-18-20-31-21-19-27)32-30(33)11-7-2-4-8-24-13-15-26(16-14-24)25-9-5-3-6-10-25/h3,5-6,9-10,12-17,22,27,31H,2,4,7-8,11,18-21H2,1H3,(H,32,33). The van der Waals surface area contributed by atoms with Gasteiger partial charge in [0.25, 0.3) is 0 Å². The van der Waals surface area contributed by atoms with Crippen molar-refractivity contribution in [1.82, 2.24) is 5.32 Å². The molecule has 3 nitrogen and oxygen atoms in total. The van der Waals surface area contributed by atoms with Gasteiger partial charge in [0.05, 0.1) is 0 Å². The number of nitrogens with one attached hydrogen (secondary N) is 2. The Morgan fingerprint density at radius 1 is 0.879 bits per heavy atom. The molecule has 3 heteroatoms. The molecule has 1 amide bonds. The molecule has 1 aliphatic heterocycles. The zero-order valence-electron chi connectivity index (χ0n) is 19.8. The first-order chi connectivity index (χ1) is 16.2. The van der Waals surface area contributed by atoms with Crippen molar-refractivity contribution in [3.8, 4) is 11.1 Å². The van der Waals surface area contributed by atoms with Crippen LogP contribution in [0.2, 0.25) is 0 Å². The first kappa shape index (κ1) is 23.3. The van der Waals surface area contributed by atoms with E-state index in [1.807, 2.05) is 12.1 Å². The Morgan fingerprint density at radius 3 is 2.36 bits per heavy atom. The molecule has 172 valence electrons. The molecule has 0 aliphatic carbocycles. The van der Waals surface area contributed by atoms with Crippen LogP contribution in [0.4, 0.5) is 5.69 Å². The summed E-state index contributed by atoms with van der Waals surface area (Å²) in [6, 6.07) is 25.7. The van der Waals surface area contributed by atoms with E-state index in [1.165, 1.54) is 40.7 Å². The predicted molar refractivity (Wildman–Crippen MR) is 139 cm³/mol. The number of hydrogen-bond acceptors (Lipinski definition) is 2. The molecule has 0 spiro atoms. The molecule has 1 saturated heterocycles. The van der Waals surface area contributed by atoms with E-state index in [0.717, 1.165) is 44.5 Å². The average Bonchev–Trinajstić information content (AvgIpc) is 2.86. The van der Waals surface area contributed by atoms with Crippen LogP contribution in [0.15, 0.2) is 72.8 Å². The minimum absolute atomic E-state index is 0.127. The third kappa shape index (κ3) is 6.79. The van der Waals surface area contributed by atoms with E-state index >= 15 is 0 Å². The molecular formula is C30H36N2O. The van der Waals surface area contributed by atoms with E-state index in [2.05, 4.69) is 78.2 Å². The number of unbranched alkanes of at least 4 members (excludes halogenated alkanes) is 2.